The molecule has 1 N–H and O–H groups in total. The molecule has 0 aromatic heterocycles. The fourth-order valence-electron chi connectivity index (χ4n) is 3.14. The molecule has 2 heteroatoms. The van der Waals surface area contributed by atoms with E-state index in [0.29, 0.717) is 12.0 Å². The molecule has 2 nitrogen and oxygen atoms in total. The standard InChI is InChI=1S/C17H27NO/c1-5-15-6-8-16(9-7-15)11-17(19)10-14(3)18(4)12-13(17)2/h6-9,13-14,19H,5,10-12H2,1-4H3/t13-,14+,17-/m0/s1. The zero-order valence-electron chi connectivity index (χ0n) is 12.7. The van der Waals surface area contributed by atoms with Crippen LogP contribution in [0.25, 0.3) is 0 Å². The fraction of sp³-hybridized carbons (Fsp3) is 0.647. The van der Waals surface area contributed by atoms with Gasteiger partial charge in [-0.3, -0.25) is 0 Å². The third kappa shape index (κ3) is 3.18. The summed E-state index contributed by atoms with van der Waals surface area (Å²) < 4.78 is 0. The number of likely N-dealkylation sites (tertiary alicyclic amines) is 1. The Morgan fingerprint density at radius 2 is 1.79 bits per heavy atom. The number of benzene rings is 1. The first-order valence-electron chi connectivity index (χ1n) is 7.45. The highest BCUT2D eigenvalue weighted by molar-refractivity contribution is 5.24. The van der Waals surface area contributed by atoms with Crippen molar-refractivity contribution in [2.45, 2.75) is 51.7 Å². The van der Waals surface area contributed by atoms with Gasteiger partial charge in [-0.25, -0.2) is 0 Å². The summed E-state index contributed by atoms with van der Waals surface area (Å²) in [6.45, 7) is 7.52. The molecule has 1 aromatic rings. The van der Waals surface area contributed by atoms with Crippen LogP contribution in [0.3, 0.4) is 0 Å². The average molecular weight is 261 g/mol. The number of hydrogen-bond acceptors (Lipinski definition) is 2. The normalized spacial score (nSPS) is 32.5. The molecule has 0 radical (unpaired) electrons. The third-order valence-corrected chi connectivity index (χ3v) is 4.82. The van der Waals surface area contributed by atoms with E-state index in [2.05, 4.69) is 57.0 Å². The van der Waals surface area contributed by atoms with E-state index in [1.54, 1.807) is 0 Å². The highest BCUT2D eigenvalue weighted by atomic mass is 16.3. The summed E-state index contributed by atoms with van der Waals surface area (Å²) in [4.78, 5) is 2.35. The van der Waals surface area contributed by atoms with E-state index in [9.17, 15) is 5.11 Å². The van der Waals surface area contributed by atoms with Crippen molar-refractivity contribution < 1.29 is 5.11 Å². The van der Waals surface area contributed by atoms with Crippen molar-refractivity contribution in [3.8, 4) is 0 Å². The van der Waals surface area contributed by atoms with Crippen molar-refractivity contribution in [3.05, 3.63) is 35.4 Å². The second-order valence-corrected chi connectivity index (χ2v) is 6.34. The van der Waals surface area contributed by atoms with E-state index in [0.717, 1.165) is 25.8 Å². The fourth-order valence-corrected chi connectivity index (χ4v) is 3.14. The smallest absolute Gasteiger partial charge is 0.0740 e. The number of nitrogens with zero attached hydrogens (tertiary/aromatic N) is 1. The molecular weight excluding hydrogens is 234 g/mol. The first kappa shape index (κ1) is 14.5. The maximum atomic E-state index is 11.0. The van der Waals surface area contributed by atoms with Crippen LogP contribution in [0.5, 0.6) is 0 Å². The lowest BCUT2D eigenvalue weighted by atomic mass is 9.75. The number of hydrogen-bond donors (Lipinski definition) is 1. The molecule has 0 spiro atoms. The van der Waals surface area contributed by atoms with Gasteiger partial charge in [0.25, 0.3) is 0 Å². The van der Waals surface area contributed by atoms with Gasteiger partial charge in [-0.1, -0.05) is 38.1 Å². The van der Waals surface area contributed by atoms with Crippen LogP contribution >= 0.6 is 0 Å². The van der Waals surface area contributed by atoms with Gasteiger partial charge in [-0.2, -0.15) is 0 Å². The molecule has 1 saturated heterocycles. The molecule has 1 aliphatic rings. The van der Waals surface area contributed by atoms with E-state index in [-0.39, 0.29) is 0 Å². The van der Waals surface area contributed by atoms with Gasteiger partial charge in [-0.15, -0.1) is 0 Å². The molecule has 1 fully saturated rings. The minimum absolute atomic E-state index is 0.319. The Morgan fingerprint density at radius 3 is 2.37 bits per heavy atom. The summed E-state index contributed by atoms with van der Waals surface area (Å²) in [6, 6.07) is 9.17. The van der Waals surface area contributed by atoms with E-state index in [1.165, 1.54) is 11.1 Å². The molecule has 3 atom stereocenters. The van der Waals surface area contributed by atoms with Crippen molar-refractivity contribution in [1.82, 2.24) is 4.90 Å². The lowest BCUT2D eigenvalue weighted by Gasteiger charge is -2.46. The number of piperidine rings is 1. The monoisotopic (exact) mass is 261 g/mol. The molecule has 106 valence electrons. The Labute approximate surface area is 117 Å². The summed E-state index contributed by atoms with van der Waals surface area (Å²) in [5.41, 5.74) is 2.06. The molecule has 1 heterocycles. The SMILES string of the molecule is CCc1ccc(C[C@@]2(O)C[C@@H](C)N(C)C[C@@H]2C)cc1. The van der Waals surface area contributed by atoms with E-state index in [4.69, 9.17) is 0 Å². The molecule has 0 saturated carbocycles. The zero-order chi connectivity index (χ0) is 14.0. The molecule has 19 heavy (non-hydrogen) atoms. The van der Waals surface area contributed by atoms with Gasteiger partial charge in [0.05, 0.1) is 5.60 Å². The van der Waals surface area contributed by atoms with Crippen LogP contribution in [0.2, 0.25) is 0 Å². The van der Waals surface area contributed by atoms with E-state index < -0.39 is 5.60 Å². The van der Waals surface area contributed by atoms with Crippen molar-refractivity contribution >= 4 is 0 Å². The Balaban J connectivity index is 2.11. The number of aryl methyl sites for hydroxylation is 1. The van der Waals surface area contributed by atoms with Gasteiger partial charge in [0.1, 0.15) is 0 Å². The topological polar surface area (TPSA) is 23.5 Å². The van der Waals surface area contributed by atoms with Gasteiger partial charge >= 0.3 is 0 Å². The second-order valence-electron chi connectivity index (χ2n) is 6.34. The quantitative estimate of drug-likeness (QED) is 0.904. The predicted molar refractivity (Wildman–Crippen MR) is 80.3 cm³/mol. The average Bonchev–Trinajstić information content (AvgIpc) is 2.37. The minimum atomic E-state index is -0.556. The summed E-state index contributed by atoms with van der Waals surface area (Å²) >= 11 is 0. The van der Waals surface area contributed by atoms with Crippen LogP contribution in [0.4, 0.5) is 0 Å². The molecule has 0 unspecified atom stereocenters. The summed E-state index contributed by atoms with van der Waals surface area (Å²) in [7, 11) is 2.15. The third-order valence-electron chi connectivity index (χ3n) is 4.82. The van der Waals surface area contributed by atoms with Crippen molar-refractivity contribution in [1.29, 1.82) is 0 Å². The molecule has 1 aromatic carbocycles. The Morgan fingerprint density at radius 1 is 1.21 bits per heavy atom. The van der Waals surface area contributed by atoms with Gasteiger partial charge in [-0.05, 0) is 43.9 Å². The molecule has 0 aliphatic carbocycles. The Hall–Kier alpha value is -0.860. The van der Waals surface area contributed by atoms with Crippen LogP contribution in [0.15, 0.2) is 24.3 Å². The molecular formula is C17H27NO. The predicted octanol–water partition coefficient (Wildman–Crippen LogP) is 2.88. The van der Waals surface area contributed by atoms with Gasteiger partial charge in [0.15, 0.2) is 0 Å². The van der Waals surface area contributed by atoms with Crippen LogP contribution in [0, 0.1) is 5.92 Å². The van der Waals surface area contributed by atoms with Crippen molar-refractivity contribution in [2.24, 2.45) is 5.92 Å². The largest absolute Gasteiger partial charge is 0.389 e. The molecule has 1 aliphatic heterocycles. The van der Waals surface area contributed by atoms with Gasteiger partial charge in [0, 0.05) is 19.0 Å². The van der Waals surface area contributed by atoms with E-state index >= 15 is 0 Å². The summed E-state index contributed by atoms with van der Waals surface area (Å²) in [6.07, 6.45) is 2.71. The second kappa shape index (κ2) is 5.64. The summed E-state index contributed by atoms with van der Waals surface area (Å²) in [5.74, 6) is 0.319. The lowest BCUT2D eigenvalue weighted by Crippen LogP contribution is -2.54. The van der Waals surface area contributed by atoms with Crippen LogP contribution in [0.1, 0.15) is 38.3 Å². The minimum Gasteiger partial charge on any atom is -0.389 e. The van der Waals surface area contributed by atoms with Crippen molar-refractivity contribution in [3.63, 3.8) is 0 Å². The lowest BCUT2D eigenvalue weighted by molar-refractivity contribution is -0.0778. The van der Waals surface area contributed by atoms with E-state index in [1.807, 2.05) is 0 Å². The number of aliphatic hydroxyl groups is 1. The molecule has 0 bridgehead atoms. The van der Waals surface area contributed by atoms with Gasteiger partial charge < -0.3 is 10.0 Å². The highest BCUT2D eigenvalue weighted by Crippen LogP contribution is 2.33. The molecule has 0 amide bonds. The maximum absolute atomic E-state index is 11.0. The van der Waals surface area contributed by atoms with Crippen LogP contribution < -0.4 is 0 Å². The first-order valence-corrected chi connectivity index (χ1v) is 7.45. The Bertz CT molecular complexity index is 414. The van der Waals surface area contributed by atoms with Crippen molar-refractivity contribution in [2.75, 3.05) is 13.6 Å². The summed E-state index contributed by atoms with van der Waals surface area (Å²) in [5, 5.41) is 11.0. The number of rotatable bonds is 3. The first-order chi connectivity index (χ1) is 8.94. The van der Waals surface area contributed by atoms with Crippen LogP contribution in [-0.4, -0.2) is 35.2 Å². The Kier molecular flexibility index (Phi) is 4.32. The highest BCUT2D eigenvalue weighted by Gasteiger charge is 2.40. The molecule has 2 rings (SSSR count). The zero-order valence-corrected chi connectivity index (χ0v) is 12.7. The van der Waals surface area contributed by atoms with Gasteiger partial charge in [0.2, 0.25) is 0 Å². The maximum Gasteiger partial charge on any atom is 0.0740 e. The van der Waals surface area contributed by atoms with Crippen LogP contribution in [-0.2, 0) is 12.8 Å².